The van der Waals surface area contributed by atoms with E-state index in [1.807, 2.05) is 24.3 Å². The van der Waals surface area contributed by atoms with Crippen LogP contribution in [0.1, 0.15) is 24.8 Å². The van der Waals surface area contributed by atoms with Crippen LogP contribution in [0.3, 0.4) is 0 Å². The van der Waals surface area contributed by atoms with Gasteiger partial charge in [-0.2, -0.15) is 5.26 Å². The molecule has 1 saturated carbocycles. The van der Waals surface area contributed by atoms with Gasteiger partial charge in [0.15, 0.2) is 0 Å². The summed E-state index contributed by atoms with van der Waals surface area (Å²) in [5.41, 5.74) is 7.53. The fourth-order valence-electron chi connectivity index (χ4n) is 2.36. The molecular weight excluding hydrogens is 198 g/mol. The third kappa shape index (κ3) is 2.34. The fraction of sp³-hybridized carbons (Fsp3) is 0.462. The van der Waals surface area contributed by atoms with Crippen molar-refractivity contribution in [1.82, 2.24) is 0 Å². The average Bonchev–Trinajstić information content (AvgIpc) is 2.77. The van der Waals surface area contributed by atoms with Gasteiger partial charge < -0.3 is 11.1 Å². The number of anilines is 1. The van der Waals surface area contributed by atoms with Crippen molar-refractivity contribution >= 4 is 5.69 Å². The van der Waals surface area contributed by atoms with E-state index in [4.69, 9.17) is 11.0 Å². The van der Waals surface area contributed by atoms with Crippen LogP contribution in [0.2, 0.25) is 0 Å². The molecule has 0 bridgehead atoms. The summed E-state index contributed by atoms with van der Waals surface area (Å²) in [5.74, 6) is 0.593. The molecule has 0 radical (unpaired) electrons. The number of benzene rings is 1. The van der Waals surface area contributed by atoms with E-state index >= 15 is 0 Å². The largest absolute Gasteiger partial charge is 0.382 e. The predicted octanol–water partition coefficient (Wildman–Crippen LogP) is 2.10. The van der Waals surface area contributed by atoms with Crippen molar-refractivity contribution in [1.29, 1.82) is 5.26 Å². The van der Waals surface area contributed by atoms with E-state index < -0.39 is 0 Å². The molecule has 1 fully saturated rings. The first-order chi connectivity index (χ1) is 7.83. The fourth-order valence-corrected chi connectivity index (χ4v) is 2.36. The molecule has 3 N–H and O–H groups in total. The van der Waals surface area contributed by atoms with Crippen molar-refractivity contribution in [2.75, 3.05) is 11.9 Å². The number of nitrogens with two attached hydrogens (primary N) is 1. The van der Waals surface area contributed by atoms with Crippen LogP contribution in [-0.4, -0.2) is 12.6 Å². The van der Waals surface area contributed by atoms with E-state index in [1.165, 1.54) is 19.3 Å². The second-order valence-electron chi connectivity index (χ2n) is 4.37. The smallest absolute Gasteiger partial charge is 0.0991 e. The topological polar surface area (TPSA) is 61.8 Å². The van der Waals surface area contributed by atoms with Crippen LogP contribution in [0.25, 0.3) is 0 Å². The highest BCUT2D eigenvalue weighted by atomic mass is 14.9. The van der Waals surface area contributed by atoms with Gasteiger partial charge in [0.05, 0.1) is 11.6 Å². The molecule has 0 heterocycles. The number of hydrogen-bond donors (Lipinski definition) is 2. The first kappa shape index (κ1) is 11.0. The molecule has 0 saturated heterocycles. The SMILES string of the molecule is N#Cc1ccc(NC2CCCC2CN)cc1. The van der Waals surface area contributed by atoms with Crippen molar-refractivity contribution in [2.24, 2.45) is 11.7 Å². The molecule has 1 aromatic rings. The third-order valence-electron chi connectivity index (χ3n) is 3.33. The Morgan fingerprint density at radius 1 is 1.31 bits per heavy atom. The summed E-state index contributed by atoms with van der Waals surface area (Å²) in [7, 11) is 0. The predicted molar refractivity (Wildman–Crippen MR) is 65.0 cm³/mol. The molecule has 2 unspecified atom stereocenters. The van der Waals surface area contributed by atoms with E-state index in [9.17, 15) is 0 Å². The Kier molecular flexibility index (Phi) is 3.43. The monoisotopic (exact) mass is 215 g/mol. The van der Waals surface area contributed by atoms with Crippen LogP contribution in [0.5, 0.6) is 0 Å². The highest BCUT2D eigenvalue weighted by Gasteiger charge is 2.25. The van der Waals surface area contributed by atoms with Crippen LogP contribution >= 0.6 is 0 Å². The van der Waals surface area contributed by atoms with Gasteiger partial charge in [0.25, 0.3) is 0 Å². The van der Waals surface area contributed by atoms with Gasteiger partial charge in [0.2, 0.25) is 0 Å². The Bertz CT molecular complexity index is 377. The molecule has 1 aromatic carbocycles. The standard InChI is InChI=1S/C13H17N3/c14-8-10-4-6-12(7-5-10)16-13-3-1-2-11(13)9-15/h4-7,11,13,16H,1-3,9,15H2. The van der Waals surface area contributed by atoms with E-state index in [2.05, 4.69) is 11.4 Å². The lowest BCUT2D eigenvalue weighted by Gasteiger charge is -2.20. The third-order valence-corrected chi connectivity index (χ3v) is 3.33. The zero-order valence-electron chi connectivity index (χ0n) is 9.32. The number of rotatable bonds is 3. The first-order valence-electron chi connectivity index (χ1n) is 5.80. The lowest BCUT2D eigenvalue weighted by atomic mass is 10.0. The molecule has 2 atom stereocenters. The molecule has 0 amide bonds. The molecule has 0 aliphatic heterocycles. The van der Waals surface area contributed by atoms with E-state index in [0.717, 1.165) is 12.2 Å². The van der Waals surface area contributed by atoms with Crippen LogP contribution in [0.15, 0.2) is 24.3 Å². The lowest BCUT2D eigenvalue weighted by Crippen LogP contribution is -2.29. The number of nitriles is 1. The number of hydrogen-bond acceptors (Lipinski definition) is 3. The van der Waals surface area contributed by atoms with Gasteiger partial charge in [0, 0.05) is 11.7 Å². The van der Waals surface area contributed by atoms with Gasteiger partial charge in [-0.3, -0.25) is 0 Å². The number of nitrogens with zero attached hydrogens (tertiary/aromatic N) is 1. The molecule has 0 aromatic heterocycles. The van der Waals surface area contributed by atoms with Crippen molar-refractivity contribution < 1.29 is 0 Å². The summed E-state index contributed by atoms with van der Waals surface area (Å²) < 4.78 is 0. The summed E-state index contributed by atoms with van der Waals surface area (Å²) >= 11 is 0. The van der Waals surface area contributed by atoms with E-state index in [0.29, 0.717) is 17.5 Å². The second kappa shape index (κ2) is 5.00. The van der Waals surface area contributed by atoms with Gasteiger partial charge in [0.1, 0.15) is 0 Å². The van der Waals surface area contributed by atoms with Gasteiger partial charge in [-0.25, -0.2) is 0 Å². The Labute approximate surface area is 96.3 Å². The zero-order chi connectivity index (χ0) is 11.4. The van der Waals surface area contributed by atoms with E-state index in [1.54, 1.807) is 0 Å². The molecule has 0 spiro atoms. The Balaban J connectivity index is 2.00. The van der Waals surface area contributed by atoms with Crippen molar-refractivity contribution in [3.8, 4) is 6.07 Å². The van der Waals surface area contributed by atoms with Crippen molar-refractivity contribution in [3.05, 3.63) is 29.8 Å². The highest BCUT2D eigenvalue weighted by Crippen LogP contribution is 2.27. The van der Waals surface area contributed by atoms with Gasteiger partial charge in [-0.1, -0.05) is 6.42 Å². The normalized spacial score (nSPS) is 24.0. The number of nitrogens with one attached hydrogen (secondary N) is 1. The summed E-state index contributed by atoms with van der Waals surface area (Å²) in [6, 6.07) is 10.2. The Morgan fingerprint density at radius 3 is 2.69 bits per heavy atom. The molecule has 16 heavy (non-hydrogen) atoms. The minimum absolute atomic E-state index is 0.498. The molecular formula is C13H17N3. The van der Waals surface area contributed by atoms with Crippen molar-refractivity contribution in [2.45, 2.75) is 25.3 Å². The minimum atomic E-state index is 0.498. The zero-order valence-corrected chi connectivity index (χ0v) is 9.32. The van der Waals surface area contributed by atoms with Gasteiger partial charge >= 0.3 is 0 Å². The second-order valence-corrected chi connectivity index (χ2v) is 4.37. The Hall–Kier alpha value is -1.53. The van der Waals surface area contributed by atoms with E-state index in [-0.39, 0.29) is 0 Å². The molecule has 3 heteroatoms. The van der Waals surface area contributed by atoms with Crippen LogP contribution in [-0.2, 0) is 0 Å². The molecule has 84 valence electrons. The summed E-state index contributed by atoms with van der Waals surface area (Å²) in [5, 5.41) is 12.2. The maximum absolute atomic E-state index is 8.71. The molecule has 1 aliphatic carbocycles. The van der Waals surface area contributed by atoms with Gasteiger partial charge in [-0.15, -0.1) is 0 Å². The average molecular weight is 215 g/mol. The maximum atomic E-state index is 8.71. The maximum Gasteiger partial charge on any atom is 0.0991 e. The minimum Gasteiger partial charge on any atom is -0.382 e. The van der Waals surface area contributed by atoms with Crippen LogP contribution in [0.4, 0.5) is 5.69 Å². The van der Waals surface area contributed by atoms with Crippen molar-refractivity contribution in [3.63, 3.8) is 0 Å². The molecule has 3 nitrogen and oxygen atoms in total. The lowest BCUT2D eigenvalue weighted by molar-refractivity contribution is 0.516. The van der Waals surface area contributed by atoms with Crippen LogP contribution in [0, 0.1) is 17.2 Å². The van der Waals surface area contributed by atoms with Crippen LogP contribution < -0.4 is 11.1 Å². The summed E-state index contributed by atoms with van der Waals surface area (Å²) in [6.07, 6.45) is 3.68. The first-order valence-corrected chi connectivity index (χ1v) is 5.80. The molecule has 2 rings (SSSR count). The molecule has 1 aliphatic rings. The highest BCUT2D eigenvalue weighted by molar-refractivity contribution is 5.48. The Morgan fingerprint density at radius 2 is 2.06 bits per heavy atom. The summed E-state index contributed by atoms with van der Waals surface area (Å²) in [4.78, 5) is 0. The van der Waals surface area contributed by atoms with Gasteiger partial charge in [-0.05, 0) is 49.6 Å². The quantitative estimate of drug-likeness (QED) is 0.811. The summed E-state index contributed by atoms with van der Waals surface area (Å²) in [6.45, 7) is 0.758.